The monoisotopic (exact) mass is 458 g/mol. The lowest BCUT2D eigenvalue weighted by atomic mass is 9.98. The molecule has 1 aliphatic heterocycles. The van der Waals surface area contributed by atoms with Gasteiger partial charge in [0, 0.05) is 0 Å². The molecule has 166 valence electrons. The van der Waals surface area contributed by atoms with Crippen LogP contribution in [-0.4, -0.2) is 58.9 Å². The third-order valence-electron chi connectivity index (χ3n) is 3.05. The quantitative estimate of drug-likeness (QED) is 0.440. The van der Waals surface area contributed by atoms with Crippen LogP contribution < -0.4 is 0 Å². The van der Waals surface area contributed by atoms with E-state index in [0.29, 0.717) is 0 Å². The van der Waals surface area contributed by atoms with Gasteiger partial charge in [0.25, 0.3) is 0 Å². The molecule has 1 atom stereocenters. The molecule has 1 aliphatic rings. The topological polar surface area (TPSA) is 59.1 Å². The SMILES string of the molecule is O=C(O)C(F)(F)C(F)(F)C(F)(F)C(F)(F)C(F)(F)OC(F)(F)C1(F)OC1(F)F. The van der Waals surface area contributed by atoms with Crippen LogP contribution in [0, 0.1) is 0 Å². The Balaban J connectivity index is 3.37. The number of epoxide rings is 1. The van der Waals surface area contributed by atoms with Gasteiger partial charge < -0.3 is 5.11 Å². The van der Waals surface area contributed by atoms with Crippen LogP contribution in [0.4, 0.5) is 65.9 Å². The molecule has 19 heteroatoms. The van der Waals surface area contributed by atoms with E-state index in [-0.39, 0.29) is 0 Å². The molecule has 1 unspecified atom stereocenters. The van der Waals surface area contributed by atoms with Gasteiger partial charge in [-0.1, -0.05) is 0 Å². The highest BCUT2D eigenvalue weighted by Crippen LogP contribution is 2.63. The van der Waals surface area contributed by atoms with Gasteiger partial charge in [0.15, 0.2) is 0 Å². The predicted octanol–water partition coefficient (Wildman–Crippen LogP) is 4.10. The second kappa shape index (κ2) is 5.70. The van der Waals surface area contributed by atoms with Gasteiger partial charge in [-0.3, -0.25) is 4.74 Å². The van der Waals surface area contributed by atoms with Crippen LogP contribution in [-0.2, 0) is 14.3 Å². The minimum absolute atomic E-state index is 1.50. The Hall–Kier alpha value is -1.66. The molecule has 1 saturated heterocycles. The van der Waals surface area contributed by atoms with Crippen LogP contribution in [0.15, 0.2) is 0 Å². The van der Waals surface area contributed by atoms with E-state index in [2.05, 4.69) is 4.74 Å². The number of halogens is 15. The van der Waals surface area contributed by atoms with Gasteiger partial charge in [-0.25, -0.2) is 9.53 Å². The van der Waals surface area contributed by atoms with Crippen molar-refractivity contribution >= 4 is 5.97 Å². The average molecular weight is 458 g/mol. The van der Waals surface area contributed by atoms with Gasteiger partial charge in [-0.15, -0.1) is 0 Å². The van der Waals surface area contributed by atoms with Crippen LogP contribution in [0.2, 0.25) is 0 Å². The van der Waals surface area contributed by atoms with E-state index >= 15 is 0 Å². The Bertz CT molecular complexity index is 658. The Morgan fingerprint density at radius 2 is 1.11 bits per heavy atom. The summed E-state index contributed by atoms with van der Waals surface area (Å²) in [5, 5.41) is 7.67. The minimum Gasteiger partial charge on any atom is -0.477 e. The molecule has 1 rings (SSSR count). The summed E-state index contributed by atoms with van der Waals surface area (Å²) < 4.78 is 196. The normalized spacial score (nSPS) is 24.2. The Kier molecular flexibility index (Phi) is 4.96. The fourth-order valence-corrected chi connectivity index (χ4v) is 1.38. The number of carboxylic acids is 1. The third-order valence-corrected chi connectivity index (χ3v) is 3.05. The van der Waals surface area contributed by atoms with Crippen molar-refractivity contribution < 1.29 is 85.2 Å². The number of hydrogen-bond donors (Lipinski definition) is 1. The number of ether oxygens (including phenoxy) is 2. The van der Waals surface area contributed by atoms with Gasteiger partial charge in [0.2, 0.25) is 0 Å². The Labute approximate surface area is 140 Å². The zero-order chi connectivity index (χ0) is 23.0. The highest BCUT2D eigenvalue weighted by atomic mass is 19.4. The highest BCUT2D eigenvalue weighted by molar-refractivity contribution is 5.77. The standard InChI is InChI=1S/C9HF15O4/c10-2(11,1(25)26)3(12,13)4(14,15)5(16,17)7(19,20)28-9(23,24)6(18)8(21,22)27-6/h(H,25,26). The lowest BCUT2D eigenvalue weighted by molar-refractivity contribution is -0.492. The van der Waals surface area contributed by atoms with E-state index in [4.69, 9.17) is 5.11 Å². The fourth-order valence-electron chi connectivity index (χ4n) is 1.38. The van der Waals surface area contributed by atoms with E-state index in [9.17, 15) is 70.7 Å². The molecule has 1 N–H and O–H groups in total. The van der Waals surface area contributed by atoms with Gasteiger partial charge in [-0.2, -0.15) is 65.9 Å². The first-order valence-electron chi connectivity index (χ1n) is 5.83. The second-order valence-electron chi connectivity index (χ2n) is 4.95. The van der Waals surface area contributed by atoms with E-state index in [0.717, 1.165) is 0 Å². The molecule has 0 saturated carbocycles. The summed E-state index contributed by atoms with van der Waals surface area (Å²) >= 11 is 0. The molecule has 0 bridgehead atoms. The first-order valence-corrected chi connectivity index (χ1v) is 5.83. The fraction of sp³-hybridized carbons (Fsp3) is 0.889. The lowest BCUT2D eigenvalue weighted by Gasteiger charge is -2.38. The van der Waals surface area contributed by atoms with Crippen molar-refractivity contribution in [2.45, 2.75) is 47.9 Å². The summed E-state index contributed by atoms with van der Waals surface area (Å²) in [4.78, 5) is 9.83. The summed E-state index contributed by atoms with van der Waals surface area (Å²) in [5.41, 5.74) is 0. The van der Waals surface area contributed by atoms with Gasteiger partial charge >= 0.3 is 53.8 Å². The Morgan fingerprint density at radius 1 is 0.750 bits per heavy atom. The molecule has 0 spiro atoms. The maximum Gasteiger partial charge on any atom is 0.430 e. The molecule has 1 fully saturated rings. The van der Waals surface area contributed by atoms with Crippen molar-refractivity contribution in [2.24, 2.45) is 0 Å². The van der Waals surface area contributed by atoms with Crippen LogP contribution in [0.3, 0.4) is 0 Å². The zero-order valence-electron chi connectivity index (χ0n) is 11.8. The number of hydrogen-bond acceptors (Lipinski definition) is 3. The zero-order valence-corrected chi connectivity index (χ0v) is 11.8. The summed E-state index contributed by atoms with van der Waals surface area (Å²) in [6.45, 7) is 0. The Morgan fingerprint density at radius 3 is 1.39 bits per heavy atom. The number of aliphatic carboxylic acids is 1. The van der Waals surface area contributed by atoms with E-state index in [1.54, 1.807) is 0 Å². The smallest absolute Gasteiger partial charge is 0.430 e. The van der Waals surface area contributed by atoms with E-state index in [1.807, 2.05) is 0 Å². The van der Waals surface area contributed by atoms with E-state index < -0.39 is 53.8 Å². The molecule has 4 nitrogen and oxygen atoms in total. The third kappa shape index (κ3) is 2.84. The largest absolute Gasteiger partial charge is 0.477 e. The molecule has 0 amide bonds. The lowest BCUT2D eigenvalue weighted by Crippen LogP contribution is -2.70. The summed E-state index contributed by atoms with van der Waals surface area (Å²) in [6, 6.07) is 0. The maximum absolute atomic E-state index is 13.1. The van der Waals surface area contributed by atoms with E-state index in [1.165, 1.54) is 4.74 Å². The summed E-state index contributed by atoms with van der Waals surface area (Å²) in [5.74, 6) is -41.5. The number of alkyl halides is 15. The molecule has 1 heterocycles. The summed E-state index contributed by atoms with van der Waals surface area (Å²) in [6.07, 6.45) is -20.3. The molecular formula is C9HF15O4. The van der Waals surface area contributed by atoms with Crippen molar-refractivity contribution in [2.75, 3.05) is 0 Å². The maximum atomic E-state index is 13.1. The molecular weight excluding hydrogens is 457 g/mol. The van der Waals surface area contributed by atoms with Crippen LogP contribution in [0.25, 0.3) is 0 Å². The molecule has 0 aromatic carbocycles. The first kappa shape index (κ1) is 24.4. The van der Waals surface area contributed by atoms with Gasteiger partial charge in [-0.05, 0) is 0 Å². The van der Waals surface area contributed by atoms with Crippen molar-refractivity contribution in [3.8, 4) is 0 Å². The van der Waals surface area contributed by atoms with Crippen LogP contribution in [0.1, 0.15) is 0 Å². The van der Waals surface area contributed by atoms with Crippen LogP contribution >= 0.6 is 0 Å². The molecule has 0 aromatic rings. The van der Waals surface area contributed by atoms with Crippen molar-refractivity contribution in [3.05, 3.63) is 0 Å². The number of carboxylic acid groups (broad SMARTS) is 1. The first-order chi connectivity index (χ1) is 11.9. The average Bonchev–Trinajstić information content (AvgIpc) is 2.97. The van der Waals surface area contributed by atoms with Crippen molar-refractivity contribution in [3.63, 3.8) is 0 Å². The number of rotatable bonds is 8. The number of carbonyl (C=O) groups is 1. The van der Waals surface area contributed by atoms with Gasteiger partial charge in [0.05, 0.1) is 0 Å². The van der Waals surface area contributed by atoms with Crippen molar-refractivity contribution in [1.82, 2.24) is 0 Å². The molecule has 0 radical (unpaired) electrons. The summed E-state index contributed by atoms with van der Waals surface area (Å²) in [7, 11) is 0. The predicted molar refractivity (Wildman–Crippen MR) is 48.3 cm³/mol. The van der Waals surface area contributed by atoms with Crippen molar-refractivity contribution in [1.29, 1.82) is 0 Å². The molecule has 0 aromatic heterocycles. The minimum atomic E-state index is -8.17. The molecule has 28 heavy (non-hydrogen) atoms. The highest BCUT2D eigenvalue weighted by Gasteiger charge is 2.94. The van der Waals surface area contributed by atoms with Crippen LogP contribution in [0.5, 0.6) is 0 Å². The van der Waals surface area contributed by atoms with Gasteiger partial charge in [0.1, 0.15) is 0 Å². The second-order valence-corrected chi connectivity index (χ2v) is 4.95. The molecule has 0 aliphatic carbocycles.